The lowest BCUT2D eigenvalue weighted by molar-refractivity contribution is -0.143. The Bertz CT molecular complexity index is 408. The van der Waals surface area contributed by atoms with Crippen molar-refractivity contribution in [2.45, 2.75) is 80.1 Å². The second kappa shape index (κ2) is 13.0. The maximum absolute atomic E-state index is 12.5. The summed E-state index contributed by atoms with van der Waals surface area (Å²) in [6.07, 6.45) is 5.27. The number of esters is 2. The van der Waals surface area contributed by atoms with Crippen LogP contribution in [-0.4, -0.2) is 25.2 Å². The van der Waals surface area contributed by atoms with E-state index in [0.29, 0.717) is 37.2 Å². The normalized spacial score (nSPS) is 12.3. The van der Waals surface area contributed by atoms with Crippen molar-refractivity contribution in [2.24, 2.45) is 11.8 Å². The summed E-state index contributed by atoms with van der Waals surface area (Å²) in [6.45, 7) is 12.7. The van der Waals surface area contributed by atoms with Crippen LogP contribution in [0.15, 0.2) is 11.1 Å². The predicted octanol–water partition coefficient (Wildman–Crippen LogP) is 5.06. The summed E-state index contributed by atoms with van der Waals surface area (Å²) in [5.41, 5.74) is 0.976. The SMILES string of the molecule is CCCCCC/C(C(=O)OCC(C)C)=C(\CC)C(=O)OCC(C)C. The van der Waals surface area contributed by atoms with Gasteiger partial charge in [-0.3, -0.25) is 0 Å². The molecule has 0 aromatic carbocycles. The van der Waals surface area contributed by atoms with Gasteiger partial charge < -0.3 is 9.47 Å². The van der Waals surface area contributed by atoms with Crippen molar-refractivity contribution in [3.05, 3.63) is 11.1 Å². The van der Waals surface area contributed by atoms with Gasteiger partial charge in [-0.25, -0.2) is 9.59 Å². The van der Waals surface area contributed by atoms with E-state index in [1.807, 2.05) is 34.6 Å². The zero-order valence-corrected chi connectivity index (χ0v) is 16.4. The van der Waals surface area contributed by atoms with E-state index in [1.165, 1.54) is 0 Å². The van der Waals surface area contributed by atoms with Gasteiger partial charge in [0.25, 0.3) is 0 Å². The smallest absolute Gasteiger partial charge is 0.334 e. The minimum Gasteiger partial charge on any atom is -0.462 e. The number of unbranched alkanes of at least 4 members (excludes halogenated alkanes) is 3. The van der Waals surface area contributed by atoms with Crippen molar-refractivity contribution < 1.29 is 19.1 Å². The molecule has 0 aliphatic heterocycles. The van der Waals surface area contributed by atoms with Crippen LogP contribution < -0.4 is 0 Å². The van der Waals surface area contributed by atoms with Gasteiger partial charge in [0.2, 0.25) is 0 Å². The third-order valence-electron chi connectivity index (χ3n) is 3.59. The van der Waals surface area contributed by atoms with Gasteiger partial charge in [0.05, 0.1) is 13.2 Å². The van der Waals surface area contributed by atoms with E-state index >= 15 is 0 Å². The maximum Gasteiger partial charge on any atom is 0.334 e. The van der Waals surface area contributed by atoms with Crippen molar-refractivity contribution in [2.75, 3.05) is 13.2 Å². The van der Waals surface area contributed by atoms with Gasteiger partial charge in [0, 0.05) is 11.1 Å². The summed E-state index contributed by atoms with van der Waals surface area (Å²) in [5.74, 6) is -0.196. The molecule has 140 valence electrons. The quantitative estimate of drug-likeness (QED) is 0.283. The third-order valence-corrected chi connectivity index (χ3v) is 3.59. The summed E-state index contributed by atoms with van der Waals surface area (Å²) in [4.78, 5) is 24.8. The minimum absolute atomic E-state index is 0.271. The topological polar surface area (TPSA) is 52.6 Å². The molecule has 0 amide bonds. The average Bonchev–Trinajstić information content (AvgIpc) is 2.53. The van der Waals surface area contributed by atoms with Crippen molar-refractivity contribution in [1.29, 1.82) is 0 Å². The highest BCUT2D eigenvalue weighted by atomic mass is 16.5. The molecule has 0 rings (SSSR count). The molecule has 24 heavy (non-hydrogen) atoms. The first-order valence-corrected chi connectivity index (χ1v) is 9.39. The summed E-state index contributed by atoms with van der Waals surface area (Å²) < 4.78 is 10.7. The van der Waals surface area contributed by atoms with Crippen LogP contribution in [0.25, 0.3) is 0 Å². The molecule has 0 bridgehead atoms. The molecule has 0 unspecified atom stereocenters. The van der Waals surface area contributed by atoms with Gasteiger partial charge in [0.1, 0.15) is 0 Å². The van der Waals surface area contributed by atoms with Crippen LogP contribution in [0.3, 0.4) is 0 Å². The van der Waals surface area contributed by atoms with Crippen molar-refractivity contribution in [3.63, 3.8) is 0 Å². The Morgan fingerprint density at radius 3 is 1.67 bits per heavy atom. The Morgan fingerprint density at radius 2 is 1.25 bits per heavy atom. The largest absolute Gasteiger partial charge is 0.462 e. The Balaban J connectivity index is 5.16. The number of carbonyl (C=O) groups excluding carboxylic acids is 2. The Morgan fingerprint density at radius 1 is 0.750 bits per heavy atom. The summed E-state index contributed by atoms with van der Waals surface area (Å²) >= 11 is 0. The van der Waals surface area contributed by atoms with E-state index in [9.17, 15) is 9.59 Å². The molecule has 0 radical (unpaired) electrons. The summed E-state index contributed by atoms with van der Waals surface area (Å²) in [6, 6.07) is 0. The Kier molecular flexibility index (Phi) is 12.3. The number of hydrogen-bond donors (Lipinski definition) is 0. The Labute approximate surface area is 148 Å². The van der Waals surface area contributed by atoms with E-state index in [-0.39, 0.29) is 23.8 Å². The molecule has 0 spiro atoms. The molecule has 0 saturated carbocycles. The molecule has 0 aliphatic rings. The number of hydrogen-bond acceptors (Lipinski definition) is 4. The highest BCUT2D eigenvalue weighted by Gasteiger charge is 2.22. The van der Waals surface area contributed by atoms with Gasteiger partial charge in [-0.2, -0.15) is 0 Å². The molecule has 0 heterocycles. The monoisotopic (exact) mass is 340 g/mol. The molecular weight excluding hydrogens is 304 g/mol. The fourth-order valence-corrected chi connectivity index (χ4v) is 2.24. The average molecular weight is 341 g/mol. The van der Waals surface area contributed by atoms with Crippen LogP contribution in [0, 0.1) is 11.8 Å². The lowest BCUT2D eigenvalue weighted by Crippen LogP contribution is -2.19. The van der Waals surface area contributed by atoms with Crippen LogP contribution in [0.2, 0.25) is 0 Å². The molecule has 0 aliphatic carbocycles. The van der Waals surface area contributed by atoms with Gasteiger partial charge in [-0.05, 0) is 31.1 Å². The van der Waals surface area contributed by atoms with Crippen LogP contribution in [-0.2, 0) is 19.1 Å². The Hall–Kier alpha value is -1.32. The zero-order valence-electron chi connectivity index (χ0n) is 16.4. The molecule has 0 atom stereocenters. The second-order valence-electron chi connectivity index (χ2n) is 7.11. The van der Waals surface area contributed by atoms with Gasteiger partial charge in [-0.1, -0.05) is 60.8 Å². The molecule has 4 nitrogen and oxygen atoms in total. The highest BCUT2D eigenvalue weighted by molar-refractivity contribution is 6.00. The minimum atomic E-state index is -0.377. The zero-order chi connectivity index (χ0) is 18.5. The molecule has 0 N–H and O–H groups in total. The first kappa shape index (κ1) is 22.7. The van der Waals surface area contributed by atoms with Crippen molar-refractivity contribution >= 4 is 11.9 Å². The number of rotatable bonds is 12. The molecule has 0 saturated heterocycles. The first-order chi connectivity index (χ1) is 11.3. The van der Waals surface area contributed by atoms with E-state index in [4.69, 9.17) is 9.47 Å². The fourth-order valence-electron chi connectivity index (χ4n) is 2.24. The molecule has 4 heteroatoms. The first-order valence-electron chi connectivity index (χ1n) is 9.39. The van der Waals surface area contributed by atoms with E-state index in [1.54, 1.807) is 0 Å². The van der Waals surface area contributed by atoms with Crippen LogP contribution in [0.1, 0.15) is 80.1 Å². The predicted molar refractivity (Wildman–Crippen MR) is 97.7 cm³/mol. The number of ether oxygens (including phenoxy) is 2. The maximum atomic E-state index is 12.5. The van der Waals surface area contributed by atoms with Crippen LogP contribution in [0.5, 0.6) is 0 Å². The van der Waals surface area contributed by atoms with E-state index in [2.05, 4.69) is 6.92 Å². The summed E-state index contributed by atoms with van der Waals surface area (Å²) in [7, 11) is 0. The van der Waals surface area contributed by atoms with E-state index < -0.39 is 0 Å². The second-order valence-corrected chi connectivity index (χ2v) is 7.11. The number of carbonyl (C=O) groups is 2. The lowest BCUT2D eigenvalue weighted by atomic mass is 9.99. The standard InChI is InChI=1S/C20H36O4/c1-7-9-10-11-12-18(20(22)24-14-16(5)6)17(8-2)19(21)23-13-15(3)4/h15-16H,7-14H2,1-6H3/b18-17-. The lowest BCUT2D eigenvalue weighted by Gasteiger charge is -2.15. The van der Waals surface area contributed by atoms with Gasteiger partial charge in [-0.15, -0.1) is 0 Å². The van der Waals surface area contributed by atoms with Gasteiger partial charge >= 0.3 is 11.9 Å². The van der Waals surface area contributed by atoms with Crippen LogP contribution >= 0.6 is 0 Å². The molecule has 0 fully saturated rings. The molecule has 0 aromatic rings. The van der Waals surface area contributed by atoms with Crippen molar-refractivity contribution in [1.82, 2.24) is 0 Å². The van der Waals surface area contributed by atoms with E-state index in [0.717, 1.165) is 25.7 Å². The highest BCUT2D eigenvalue weighted by Crippen LogP contribution is 2.20. The van der Waals surface area contributed by atoms with Gasteiger partial charge in [0.15, 0.2) is 0 Å². The molecular formula is C20H36O4. The third kappa shape index (κ3) is 9.74. The molecule has 0 aromatic heterocycles. The summed E-state index contributed by atoms with van der Waals surface area (Å²) in [5, 5.41) is 0. The fraction of sp³-hybridized carbons (Fsp3) is 0.800. The van der Waals surface area contributed by atoms with Crippen molar-refractivity contribution in [3.8, 4) is 0 Å². The van der Waals surface area contributed by atoms with Crippen LogP contribution in [0.4, 0.5) is 0 Å².